The summed E-state index contributed by atoms with van der Waals surface area (Å²) in [5.74, 6) is 1.35. The molecule has 0 fully saturated rings. The number of rotatable bonds is 4. The number of ether oxygens (including phenoxy) is 2. The van der Waals surface area contributed by atoms with Gasteiger partial charge in [0.05, 0.1) is 0 Å². The quantitative estimate of drug-likeness (QED) is 0.612. The molecule has 2 rings (SSSR count). The summed E-state index contributed by atoms with van der Waals surface area (Å²) in [7, 11) is 0. The molecule has 0 radical (unpaired) electrons. The van der Waals surface area contributed by atoms with Crippen molar-refractivity contribution in [3.8, 4) is 11.5 Å². The van der Waals surface area contributed by atoms with Gasteiger partial charge < -0.3 is 9.47 Å². The summed E-state index contributed by atoms with van der Waals surface area (Å²) in [5, 5.41) is -0.341. The highest BCUT2D eigenvalue weighted by Crippen LogP contribution is 2.30. The summed E-state index contributed by atoms with van der Waals surface area (Å²) in [5.41, 5.74) is 4.33. The molecule has 0 bridgehead atoms. The number of aryl methyl sites for hydroxylation is 3. The van der Waals surface area contributed by atoms with Crippen LogP contribution in [0.5, 0.6) is 11.5 Å². The van der Waals surface area contributed by atoms with Crippen LogP contribution in [0.1, 0.15) is 22.3 Å². The van der Waals surface area contributed by atoms with Crippen LogP contribution in [0.3, 0.4) is 0 Å². The van der Waals surface area contributed by atoms with Crippen molar-refractivity contribution in [3.63, 3.8) is 0 Å². The second kappa shape index (κ2) is 7.88. The van der Waals surface area contributed by atoms with Gasteiger partial charge in [-0.05, 0) is 73.7 Å². The van der Waals surface area contributed by atoms with Crippen LogP contribution in [0.15, 0.2) is 34.8 Å². The Morgan fingerprint density at radius 2 is 1.78 bits per heavy atom. The lowest BCUT2D eigenvalue weighted by Gasteiger charge is -2.15. The van der Waals surface area contributed by atoms with Crippen LogP contribution in [-0.4, -0.2) is 11.6 Å². The van der Waals surface area contributed by atoms with E-state index in [0.717, 1.165) is 33.1 Å². The summed E-state index contributed by atoms with van der Waals surface area (Å²) >= 11 is 4.54. The Labute approximate surface area is 149 Å². The molecule has 0 N–H and O–H groups in total. The minimum atomic E-state index is -0.341. The lowest BCUT2D eigenvalue weighted by Crippen LogP contribution is -2.06. The van der Waals surface area contributed by atoms with E-state index in [1.165, 1.54) is 11.1 Å². The molecule has 0 saturated heterocycles. The van der Waals surface area contributed by atoms with Gasteiger partial charge in [0.2, 0.25) is 0 Å². The molecule has 0 aliphatic carbocycles. The maximum absolute atomic E-state index is 11.5. The van der Waals surface area contributed by atoms with E-state index >= 15 is 0 Å². The lowest BCUT2D eigenvalue weighted by atomic mass is 10.1. The molecule has 0 spiro atoms. The van der Waals surface area contributed by atoms with E-state index in [4.69, 9.17) is 9.47 Å². The zero-order valence-corrected chi connectivity index (χ0v) is 16.0. The molecule has 0 atom stereocenters. The molecule has 0 aliphatic heterocycles. The molecule has 0 aliphatic rings. The van der Waals surface area contributed by atoms with Crippen molar-refractivity contribution in [3.05, 3.63) is 57.1 Å². The SMILES string of the molecule is CSC(=O)Oc1cccc(Br)c1COc1cc(C)c(C)cc1C. The van der Waals surface area contributed by atoms with Gasteiger partial charge >= 0.3 is 5.30 Å². The predicted molar refractivity (Wildman–Crippen MR) is 98.7 cm³/mol. The summed E-state index contributed by atoms with van der Waals surface area (Å²) in [6.45, 7) is 6.49. The predicted octanol–water partition coefficient (Wildman–Crippen LogP) is 5.82. The Balaban J connectivity index is 2.23. The number of carbonyl (C=O) groups is 1. The fraction of sp³-hybridized carbons (Fsp3) is 0.278. The van der Waals surface area contributed by atoms with Crippen molar-refractivity contribution in [2.75, 3.05) is 6.26 Å². The molecule has 0 unspecified atom stereocenters. The average Bonchev–Trinajstić information content (AvgIpc) is 2.51. The Morgan fingerprint density at radius 1 is 1.09 bits per heavy atom. The van der Waals surface area contributed by atoms with Crippen molar-refractivity contribution in [2.45, 2.75) is 27.4 Å². The first-order valence-electron chi connectivity index (χ1n) is 7.16. The van der Waals surface area contributed by atoms with E-state index in [0.29, 0.717) is 12.4 Å². The van der Waals surface area contributed by atoms with Crippen molar-refractivity contribution >= 4 is 33.0 Å². The van der Waals surface area contributed by atoms with E-state index in [1.807, 2.05) is 25.1 Å². The third-order valence-electron chi connectivity index (χ3n) is 3.60. The largest absolute Gasteiger partial charge is 0.488 e. The first-order valence-corrected chi connectivity index (χ1v) is 9.18. The van der Waals surface area contributed by atoms with Crippen molar-refractivity contribution < 1.29 is 14.3 Å². The molecule has 2 aromatic carbocycles. The molecule has 5 heteroatoms. The maximum Gasteiger partial charge on any atom is 0.372 e. The highest BCUT2D eigenvalue weighted by molar-refractivity contribution is 9.10. The Bertz CT molecular complexity index is 728. The van der Waals surface area contributed by atoms with Gasteiger partial charge in [-0.15, -0.1) is 0 Å². The molecule has 23 heavy (non-hydrogen) atoms. The zero-order chi connectivity index (χ0) is 17.0. The minimum absolute atomic E-state index is 0.321. The van der Waals surface area contributed by atoms with Crippen molar-refractivity contribution in [1.82, 2.24) is 0 Å². The first-order chi connectivity index (χ1) is 10.9. The van der Waals surface area contributed by atoms with Crippen LogP contribution >= 0.6 is 27.7 Å². The van der Waals surface area contributed by atoms with E-state index in [1.54, 1.807) is 12.3 Å². The number of thioether (sulfide) groups is 1. The molecule has 2 aromatic rings. The third-order valence-corrected chi connectivity index (χ3v) is 4.76. The van der Waals surface area contributed by atoms with Gasteiger partial charge in [0.25, 0.3) is 0 Å². The second-order valence-electron chi connectivity index (χ2n) is 5.26. The number of hydrogen-bond donors (Lipinski definition) is 0. The average molecular weight is 395 g/mol. The molecule has 122 valence electrons. The van der Waals surface area contributed by atoms with Gasteiger partial charge in [0.15, 0.2) is 0 Å². The van der Waals surface area contributed by atoms with Crippen molar-refractivity contribution in [2.24, 2.45) is 0 Å². The number of carbonyl (C=O) groups excluding carboxylic acids is 1. The van der Waals surface area contributed by atoms with Crippen LogP contribution in [0.2, 0.25) is 0 Å². The fourth-order valence-electron chi connectivity index (χ4n) is 2.15. The zero-order valence-electron chi connectivity index (χ0n) is 13.6. The van der Waals surface area contributed by atoms with Gasteiger partial charge in [-0.3, -0.25) is 0 Å². The number of hydrogen-bond acceptors (Lipinski definition) is 4. The van der Waals surface area contributed by atoms with Gasteiger partial charge in [0.1, 0.15) is 18.1 Å². The Hall–Kier alpha value is -1.46. The van der Waals surface area contributed by atoms with Gasteiger partial charge in [0, 0.05) is 10.0 Å². The standard InChI is InChI=1S/C18H19BrO3S/c1-11-8-13(3)17(9-12(11)2)21-10-14-15(19)6-5-7-16(14)22-18(20)23-4/h5-9H,10H2,1-4H3. The van der Waals surface area contributed by atoms with Crippen molar-refractivity contribution in [1.29, 1.82) is 0 Å². The minimum Gasteiger partial charge on any atom is -0.488 e. The Morgan fingerprint density at radius 3 is 2.48 bits per heavy atom. The van der Waals surface area contributed by atoms with Crippen LogP contribution < -0.4 is 9.47 Å². The monoisotopic (exact) mass is 394 g/mol. The molecular formula is C18H19BrO3S. The summed E-state index contributed by atoms with van der Waals surface area (Å²) in [4.78, 5) is 11.5. The van der Waals surface area contributed by atoms with E-state index in [9.17, 15) is 4.79 Å². The highest BCUT2D eigenvalue weighted by Gasteiger charge is 2.13. The smallest absolute Gasteiger partial charge is 0.372 e. The molecular weight excluding hydrogens is 376 g/mol. The summed E-state index contributed by atoms with van der Waals surface area (Å²) in [6, 6.07) is 9.65. The summed E-state index contributed by atoms with van der Waals surface area (Å²) in [6.07, 6.45) is 1.69. The molecule has 0 saturated carbocycles. The fourth-order valence-corrected chi connectivity index (χ4v) is 2.78. The molecule has 0 heterocycles. The Kier molecular flexibility index (Phi) is 6.13. The van der Waals surface area contributed by atoms with E-state index in [2.05, 4.69) is 35.8 Å². The number of halogens is 1. The van der Waals surface area contributed by atoms with Crippen LogP contribution in [0.4, 0.5) is 4.79 Å². The number of benzene rings is 2. The molecule has 0 aromatic heterocycles. The highest BCUT2D eigenvalue weighted by atomic mass is 79.9. The second-order valence-corrected chi connectivity index (χ2v) is 6.86. The topological polar surface area (TPSA) is 35.5 Å². The van der Waals surface area contributed by atoms with Gasteiger partial charge in [-0.1, -0.05) is 28.1 Å². The summed E-state index contributed by atoms with van der Waals surface area (Å²) < 4.78 is 12.2. The molecule has 0 amide bonds. The van der Waals surface area contributed by atoms with E-state index < -0.39 is 0 Å². The van der Waals surface area contributed by atoms with Crippen LogP contribution in [0, 0.1) is 20.8 Å². The van der Waals surface area contributed by atoms with Gasteiger partial charge in [-0.25, -0.2) is 4.79 Å². The third kappa shape index (κ3) is 4.52. The van der Waals surface area contributed by atoms with Crippen LogP contribution in [0.25, 0.3) is 0 Å². The maximum atomic E-state index is 11.5. The lowest BCUT2D eigenvalue weighted by molar-refractivity contribution is 0.225. The first kappa shape index (κ1) is 17.9. The molecule has 3 nitrogen and oxygen atoms in total. The van der Waals surface area contributed by atoms with E-state index in [-0.39, 0.29) is 5.30 Å². The normalized spacial score (nSPS) is 10.5. The van der Waals surface area contributed by atoms with Gasteiger partial charge in [-0.2, -0.15) is 0 Å². The van der Waals surface area contributed by atoms with Crippen LogP contribution in [-0.2, 0) is 6.61 Å².